The summed E-state index contributed by atoms with van der Waals surface area (Å²) in [4.78, 5) is 18.7. The molecule has 1 aliphatic rings. The van der Waals surface area contributed by atoms with E-state index in [4.69, 9.17) is 0 Å². The Morgan fingerprint density at radius 3 is 2.12 bits per heavy atom. The van der Waals surface area contributed by atoms with Crippen molar-refractivity contribution in [2.24, 2.45) is 16.8 Å². The van der Waals surface area contributed by atoms with Gasteiger partial charge in [-0.15, -0.1) is 0 Å². The van der Waals surface area contributed by atoms with Crippen LogP contribution in [0, 0.1) is 11.8 Å². The standard InChI is InChI=1S/C19H39N5O/c1-14-9-15(2)12-24(11-14)19(6,7)13-22-17(20-8)21-10-16(25)23-18(3,4)5/h14-15H,9-13H2,1-8H3,(H,23,25)(H2,20,21,22). The molecular weight excluding hydrogens is 314 g/mol. The highest BCUT2D eigenvalue weighted by atomic mass is 16.2. The first-order valence-electron chi connectivity index (χ1n) is 9.43. The third kappa shape index (κ3) is 8.08. The molecule has 3 N–H and O–H groups in total. The van der Waals surface area contributed by atoms with E-state index in [0.717, 1.165) is 31.5 Å². The summed E-state index contributed by atoms with van der Waals surface area (Å²) < 4.78 is 0. The van der Waals surface area contributed by atoms with Crippen LogP contribution in [0.4, 0.5) is 0 Å². The molecule has 1 aliphatic heterocycles. The van der Waals surface area contributed by atoms with Crippen molar-refractivity contribution >= 4 is 11.9 Å². The first-order valence-corrected chi connectivity index (χ1v) is 9.43. The normalized spacial score (nSPS) is 23.3. The maximum Gasteiger partial charge on any atom is 0.239 e. The Labute approximate surface area is 154 Å². The molecule has 0 aromatic carbocycles. The molecule has 0 aromatic rings. The molecule has 25 heavy (non-hydrogen) atoms. The summed E-state index contributed by atoms with van der Waals surface area (Å²) in [6.07, 6.45) is 1.31. The Hall–Kier alpha value is -1.30. The Kier molecular flexibility index (Phi) is 7.72. The summed E-state index contributed by atoms with van der Waals surface area (Å²) in [6.45, 7) is 18.4. The van der Waals surface area contributed by atoms with Gasteiger partial charge >= 0.3 is 0 Å². The van der Waals surface area contributed by atoms with Gasteiger partial charge in [-0.2, -0.15) is 0 Å². The summed E-state index contributed by atoms with van der Waals surface area (Å²) in [5.41, 5.74) is -0.187. The molecule has 1 amide bonds. The van der Waals surface area contributed by atoms with Crippen LogP contribution in [-0.4, -0.2) is 61.1 Å². The van der Waals surface area contributed by atoms with Gasteiger partial charge in [-0.25, -0.2) is 0 Å². The lowest BCUT2D eigenvalue weighted by atomic mass is 9.88. The molecule has 0 radical (unpaired) electrons. The van der Waals surface area contributed by atoms with Crippen LogP contribution < -0.4 is 16.0 Å². The molecule has 0 saturated carbocycles. The molecule has 0 bridgehead atoms. The Morgan fingerprint density at radius 2 is 1.64 bits per heavy atom. The van der Waals surface area contributed by atoms with E-state index in [1.807, 2.05) is 20.8 Å². The average molecular weight is 354 g/mol. The van der Waals surface area contributed by atoms with Crippen LogP contribution in [0.5, 0.6) is 0 Å². The number of carbonyl (C=O) groups is 1. The van der Waals surface area contributed by atoms with Crippen molar-refractivity contribution < 1.29 is 4.79 Å². The van der Waals surface area contributed by atoms with Crippen LogP contribution in [0.1, 0.15) is 54.9 Å². The highest BCUT2D eigenvalue weighted by Crippen LogP contribution is 2.26. The highest BCUT2D eigenvalue weighted by molar-refractivity contribution is 5.86. The van der Waals surface area contributed by atoms with Crippen LogP contribution in [0.15, 0.2) is 4.99 Å². The summed E-state index contributed by atoms with van der Waals surface area (Å²) in [7, 11) is 1.73. The highest BCUT2D eigenvalue weighted by Gasteiger charge is 2.32. The maximum atomic E-state index is 11.9. The van der Waals surface area contributed by atoms with Crippen molar-refractivity contribution in [1.29, 1.82) is 0 Å². The monoisotopic (exact) mass is 353 g/mol. The zero-order chi connectivity index (χ0) is 19.3. The van der Waals surface area contributed by atoms with Crippen LogP contribution in [0.3, 0.4) is 0 Å². The third-order valence-electron chi connectivity index (χ3n) is 4.57. The van der Waals surface area contributed by atoms with E-state index in [2.05, 4.69) is 53.5 Å². The number of guanidine groups is 1. The number of nitrogens with zero attached hydrogens (tertiary/aromatic N) is 2. The molecule has 1 saturated heterocycles. The zero-order valence-electron chi connectivity index (χ0n) is 17.5. The Bertz CT molecular complexity index is 457. The largest absolute Gasteiger partial charge is 0.355 e. The second-order valence-electron chi connectivity index (χ2n) is 9.24. The van der Waals surface area contributed by atoms with Gasteiger partial charge in [-0.3, -0.25) is 14.7 Å². The van der Waals surface area contributed by atoms with Gasteiger partial charge in [0.05, 0.1) is 6.54 Å². The molecule has 2 unspecified atom stereocenters. The smallest absolute Gasteiger partial charge is 0.239 e. The van der Waals surface area contributed by atoms with Crippen LogP contribution in [-0.2, 0) is 4.79 Å². The van der Waals surface area contributed by atoms with E-state index in [1.54, 1.807) is 7.05 Å². The SMILES string of the molecule is CN=C(NCC(=O)NC(C)(C)C)NCC(C)(C)N1CC(C)CC(C)C1. The molecule has 0 aromatic heterocycles. The number of nitrogens with one attached hydrogen (secondary N) is 3. The molecule has 146 valence electrons. The molecule has 1 rings (SSSR count). The lowest BCUT2D eigenvalue weighted by Crippen LogP contribution is -2.57. The lowest BCUT2D eigenvalue weighted by Gasteiger charge is -2.45. The summed E-state index contributed by atoms with van der Waals surface area (Å²) in [5.74, 6) is 2.10. The average Bonchev–Trinajstić information content (AvgIpc) is 2.44. The van der Waals surface area contributed by atoms with Gasteiger partial charge in [0, 0.05) is 37.8 Å². The van der Waals surface area contributed by atoms with Crippen molar-refractivity contribution in [3.05, 3.63) is 0 Å². The number of rotatable bonds is 5. The van der Waals surface area contributed by atoms with E-state index in [0.29, 0.717) is 5.96 Å². The number of piperidine rings is 1. The van der Waals surface area contributed by atoms with Gasteiger partial charge in [0.25, 0.3) is 0 Å². The molecule has 6 heteroatoms. The maximum absolute atomic E-state index is 11.9. The zero-order valence-corrected chi connectivity index (χ0v) is 17.5. The fourth-order valence-corrected chi connectivity index (χ4v) is 3.42. The summed E-state index contributed by atoms with van der Waals surface area (Å²) >= 11 is 0. The van der Waals surface area contributed by atoms with E-state index in [9.17, 15) is 4.79 Å². The van der Waals surface area contributed by atoms with Crippen molar-refractivity contribution in [2.45, 2.75) is 66.0 Å². The molecule has 2 atom stereocenters. The van der Waals surface area contributed by atoms with Gasteiger partial charge in [0.1, 0.15) is 0 Å². The minimum absolute atomic E-state index is 0.0339. The molecule has 6 nitrogen and oxygen atoms in total. The number of hydrogen-bond acceptors (Lipinski definition) is 3. The lowest BCUT2D eigenvalue weighted by molar-refractivity contribution is -0.121. The first-order chi connectivity index (χ1) is 11.4. The van der Waals surface area contributed by atoms with E-state index < -0.39 is 0 Å². The van der Waals surface area contributed by atoms with E-state index in [-0.39, 0.29) is 23.5 Å². The second kappa shape index (κ2) is 8.88. The first kappa shape index (κ1) is 21.7. The summed E-state index contributed by atoms with van der Waals surface area (Å²) in [6, 6.07) is 0. The van der Waals surface area contributed by atoms with Crippen LogP contribution in [0.2, 0.25) is 0 Å². The fraction of sp³-hybridized carbons (Fsp3) is 0.895. The Balaban J connectivity index is 2.49. The van der Waals surface area contributed by atoms with Gasteiger partial charge in [0.2, 0.25) is 5.91 Å². The van der Waals surface area contributed by atoms with Crippen molar-refractivity contribution in [3.63, 3.8) is 0 Å². The molecule has 0 aliphatic carbocycles. The van der Waals surface area contributed by atoms with Gasteiger partial charge in [-0.05, 0) is 52.9 Å². The number of hydrogen-bond donors (Lipinski definition) is 3. The number of aliphatic imine (C=N–C) groups is 1. The van der Waals surface area contributed by atoms with Gasteiger partial charge < -0.3 is 16.0 Å². The summed E-state index contributed by atoms with van der Waals surface area (Å²) in [5, 5.41) is 9.41. The predicted molar refractivity (Wildman–Crippen MR) is 106 cm³/mol. The van der Waals surface area contributed by atoms with Gasteiger partial charge in [0.15, 0.2) is 5.96 Å². The minimum Gasteiger partial charge on any atom is -0.355 e. The minimum atomic E-state index is -0.223. The number of likely N-dealkylation sites (tertiary alicyclic amines) is 1. The Morgan fingerprint density at radius 1 is 1.08 bits per heavy atom. The van der Waals surface area contributed by atoms with Crippen molar-refractivity contribution in [2.75, 3.05) is 33.2 Å². The third-order valence-corrected chi connectivity index (χ3v) is 4.57. The number of carbonyl (C=O) groups excluding carboxylic acids is 1. The van der Waals surface area contributed by atoms with Crippen LogP contribution in [0.25, 0.3) is 0 Å². The predicted octanol–water partition coefficient (Wildman–Crippen LogP) is 1.82. The van der Waals surface area contributed by atoms with Crippen molar-refractivity contribution in [3.8, 4) is 0 Å². The quantitative estimate of drug-likeness (QED) is 0.521. The van der Waals surface area contributed by atoms with Crippen LogP contribution >= 0.6 is 0 Å². The topological polar surface area (TPSA) is 68.8 Å². The van der Waals surface area contributed by atoms with Gasteiger partial charge in [-0.1, -0.05) is 13.8 Å². The molecule has 1 fully saturated rings. The fourth-order valence-electron chi connectivity index (χ4n) is 3.42. The second-order valence-corrected chi connectivity index (χ2v) is 9.24. The number of amides is 1. The van der Waals surface area contributed by atoms with Crippen molar-refractivity contribution in [1.82, 2.24) is 20.9 Å². The molecule has 1 heterocycles. The van der Waals surface area contributed by atoms with E-state index in [1.165, 1.54) is 6.42 Å². The molecule has 0 spiro atoms. The van der Waals surface area contributed by atoms with E-state index >= 15 is 0 Å². The molecular formula is C19H39N5O.